The van der Waals surface area contributed by atoms with Gasteiger partial charge in [-0.05, 0) is 61.4 Å². The van der Waals surface area contributed by atoms with Crippen molar-refractivity contribution in [3.05, 3.63) is 77.2 Å². The number of pyridine rings is 1. The number of amides is 1. The average molecular weight is 599 g/mol. The van der Waals surface area contributed by atoms with Crippen LogP contribution in [0.15, 0.2) is 54.6 Å². The molecule has 1 aliphatic carbocycles. The summed E-state index contributed by atoms with van der Waals surface area (Å²) in [6, 6.07) is 10.6. The van der Waals surface area contributed by atoms with E-state index in [1.54, 1.807) is 0 Å². The molecule has 9 nitrogen and oxygen atoms in total. The highest BCUT2D eigenvalue weighted by atomic mass is 32.2. The summed E-state index contributed by atoms with van der Waals surface area (Å²) < 4.78 is 95.1. The molecule has 220 valence electrons. The summed E-state index contributed by atoms with van der Waals surface area (Å²) in [6.45, 7) is -1.89. The van der Waals surface area contributed by atoms with Gasteiger partial charge in [-0.3, -0.25) is 8.98 Å². The summed E-state index contributed by atoms with van der Waals surface area (Å²) in [4.78, 5) is 16.8. The van der Waals surface area contributed by atoms with E-state index in [2.05, 4.69) is 10.3 Å². The van der Waals surface area contributed by atoms with E-state index in [9.17, 15) is 35.9 Å². The minimum Gasteiger partial charge on any atom is -0.493 e. The number of aliphatic hydroxyl groups is 1. The summed E-state index contributed by atoms with van der Waals surface area (Å²) in [6.07, 6.45) is -2.71. The van der Waals surface area contributed by atoms with E-state index in [0.29, 0.717) is 5.75 Å². The van der Waals surface area contributed by atoms with Gasteiger partial charge in [0, 0.05) is 16.7 Å². The number of nitrogens with one attached hydrogen (secondary N) is 1. The van der Waals surface area contributed by atoms with Gasteiger partial charge >= 0.3 is 6.18 Å². The van der Waals surface area contributed by atoms with Crippen molar-refractivity contribution in [3.8, 4) is 22.8 Å². The number of hydrogen-bond acceptors (Lipinski definition) is 8. The van der Waals surface area contributed by atoms with E-state index >= 15 is 0 Å². The molecule has 1 saturated carbocycles. The van der Waals surface area contributed by atoms with Crippen LogP contribution < -0.4 is 14.8 Å². The Hall–Kier alpha value is -3.75. The van der Waals surface area contributed by atoms with Crippen molar-refractivity contribution in [1.82, 2.24) is 10.3 Å². The molecule has 4 rings (SSSR count). The molecular weight excluding hydrogens is 572 g/mol. The maximum atomic E-state index is 14.3. The van der Waals surface area contributed by atoms with Gasteiger partial charge < -0.3 is 19.9 Å². The summed E-state index contributed by atoms with van der Waals surface area (Å²) >= 11 is 0. The van der Waals surface area contributed by atoms with Gasteiger partial charge in [0.1, 0.15) is 5.82 Å². The van der Waals surface area contributed by atoms with Gasteiger partial charge in [0.15, 0.2) is 11.5 Å². The Bertz CT molecular complexity index is 1530. The highest BCUT2D eigenvalue weighted by Gasteiger charge is 2.56. The van der Waals surface area contributed by atoms with Crippen LogP contribution in [0.5, 0.6) is 11.5 Å². The molecule has 1 heterocycles. The Balaban J connectivity index is 1.64. The summed E-state index contributed by atoms with van der Waals surface area (Å²) in [5.41, 5.74) is -4.58. The smallest absolute Gasteiger partial charge is 0.424 e. The molecule has 2 aromatic carbocycles. The lowest BCUT2D eigenvalue weighted by Gasteiger charge is -2.31. The van der Waals surface area contributed by atoms with Crippen LogP contribution in [-0.2, 0) is 26.5 Å². The van der Waals surface area contributed by atoms with Crippen molar-refractivity contribution >= 4 is 16.0 Å². The van der Waals surface area contributed by atoms with Crippen molar-refractivity contribution in [3.63, 3.8) is 0 Å². The van der Waals surface area contributed by atoms with Crippen LogP contribution in [0.25, 0.3) is 11.3 Å². The Kier molecular flexibility index (Phi) is 8.57. The molecule has 0 radical (unpaired) electrons. The lowest BCUT2D eigenvalue weighted by Crippen LogP contribution is -2.51. The molecule has 2 N–H and O–H groups in total. The van der Waals surface area contributed by atoms with E-state index < -0.39 is 52.5 Å². The summed E-state index contributed by atoms with van der Waals surface area (Å²) in [7, 11) is -2.57. The lowest BCUT2D eigenvalue weighted by atomic mass is 9.95. The second kappa shape index (κ2) is 11.6. The van der Waals surface area contributed by atoms with Crippen molar-refractivity contribution in [2.45, 2.75) is 37.3 Å². The topological polar surface area (TPSA) is 124 Å². The number of ether oxygens (including phenoxy) is 2. The number of aromatic nitrogens is 1. The number of rotatable bonds is 11. The number of carbonyl (C=O) groups is 1. The number of hydrogen-bond donors (Lipinski definition) is 2. The molecule has 1 atom stereocenters. The molecule has 14 heteroatoms. The first-order chi connectivity index (χ1) is 19.2. The summed E-state index contributed by atoms with van der Waals surface area (Å²) in [5.74, 6) is -0.957. The molecule has 41 heavy (non-hydrogen) atoms. The third-order valence-electron chi connectivity index (χ3n) is 6.17. The van der Waals surface area contributed by atoms with Crippen molar-refractivity contribution in [2.75, 3.05) is 19.9 Å². The first-order valence-electron chi connectivity index (χ1n) is 12.2. The first-order valence-corrected chi connectivity index (χ1v) is 14.0. The molecule has 1 fully saturated rings. The van der Waals surface area contributed by atoms with Crippen molar-refractivity contribution in [1.29, 1.82) is 0 Å². The second-order valence-corrected chi connectivity index (χ2v) is 11.0. The number of benzene rings is 2. The maximum Gasteiger partial charge on any atom is 0.424 e. The van der Waals surface area contributed by atoms with E-state index in [4.69, 9.17) is 13.7 Å². The predicted molar refractivity (Wildman–Crippen MR) is 138 cm³/mol. The van der Waals surface area contributed by atoms with Gasteiger partial charge in [-0.25, -0.2) is 9.37 Å². The van der Waals surface area contributed by atoms with Gasteiger partial charge in [0.25, 0.3) is 16.0 Å². The molecular formula is C27H26F4N2O7S. The zero-order valence-corrected chi connectivity index (χ0v) is 22.7. The minimum absolute atomic E-state index is 0.0391. The summed E-state index contributed by atoms with van der Waals surface area (Å²) in [5, 5.41) is 13.0. The van der Waals surface area contributed by atoms with Gasteiger partial charge in [-0.1, -0.05) is 6.07 Å². The van der Waals surface area contributed by atoms with E-state index in [0.717, 1.165) is 43.4 Å². The molecule has 0 spiro atoms. The quantitative estimate of drug-likeness (QED) is 0.250. The van der Waals surface area contributed by atoms with E-state index in [-0.39, 0.29) is 34.2 Å². The van der Waals surface area contributed by atoms with Crippen LogP contribution in [0.3, 0.4) is 0 Å². The van der Waals surface area contributed by atoms with Gasteiger partial charge in [-0.2, -0.15) is 21.6 Å². The SMILES string of the molecule is COc1cc(C(=O)NCC(O)(c2ccc(COS(C)(=O)=O)c(-c3ccc(F)cc3)n2)C(F)(F)F)ccc1OC1CC1. The second-order valence-electron chi connectivity index (χ2n) is 9.40. The van der Waals surface area contributed by atoms with Crippen LogP contribution >= 0.6 is 0 Å². The fraction of sp³-hybridized carbons (Fsp3) is 0.333. The standard InChI is InChI=1S/C27H26F4N2O7S/c1-38-22-13-17(5-11-21(22)40-20-9-10-20)25(34)32-15-26(35,27(29,30)31)23-12-6-18(14-39-41(2,36)37)24(33-23)16-3-7-19(28)8-4-16/h3-8,11-13,20,35H,9-10,14-15H2,1-2H3,(H,32,34). The maximum absolute atomic E-state index is 14.3. The fourth-order valence-corrected chi connectivity index (χ4v) is 4.12. The van der Waals surface area contributed by atoms with Crippen LogP contribution in [0.2, 0.25) is 0 Å². The zero-order valence-electron chi connectivity index (χ0n) is 21.9. The Morgan fingerprint density at radius 2 is 1.76 bits per heavy atom. The van der Waals surface area contributed by atoms with E-state index in [1.165, 1.54) is 37.4 Å². The zero-order chi connectivity index (χ0) is 30.0. The molecule has 0 aliphatic heterocycles. The van der Waals surface area contributed by atoms with Crippen molar-refractivity contribution in [2.24, 2.45) is 0 Å². The molecule has 0 bridgehead atoms. The molecule has 1 aliphatic rings. The molecule has 0 saturated heterocycles. The minimum atomic E-state index is -5.31. The van der Waals surface area contributed by atoms with Gasteiger partial charge in [-0.15, -0.1) is 0 Å². The third-order valence-corrected chi connectivity index (χ3v) is 6.71. The largest absolute Gasteiger partial charge is 0.493 e. The Morgan fingerprint density at radius 1 is 1.07 bits per heavy atom. The highest BCUT2D eigenvalue weighted by molar-refractivity contribution is 7.85. The molecule has 1 aromatic heterocycles. The van der Waals surface area contributed by atoms with Gasteiger partial charge in [0.05, 0.1) is 44.0 Å². The first kappa shape index (κ1) is 30.2. The van der Waals surface area contributed by atoms with Crippen molar-refractivity contribution < 1.29 is 49.5 Å². The monoisotopic (exact) mass is 598 g/mol. The number of nitrogens with zero attached hydrogens (tertiary/aromatic N) is 1. The highest BCUT2D eigenvalue weighted by Crippen LogP contribution is 2.39. The Labute approximate surface area is 233 Å². The van der Waals surface area contributed by atoms with Crippen LogP contribution in [0.4, 0.5) is 17.6 Å². The molecule has 1 unspecified atom stereocenters. The Morgan fingerprint density at radius 3 is 2.34 bits per heavy atom. The van der Waals surface area contributed by atoms with Crippen LogP contribution in [0.1, 0.15) is 34.5 Å². The van der Waals surface area contributed by atoms with Gasteiger partial charge in [0.2, 0.25) is 5.60 Å². The molecule has 3 aromatic rings. The number of alkyl halides is 3. The number of halogens is 4. The number of carbonyl (C=O) groups excluding carboxylic acids is 1. The molecule has 1 amide bonds. The van der Waals surface area contributed by atoms with Crippen LogP contribution in [0, 0.1) is 5.82 Å². The van der Waals surface area contributed by atoms with Crippen LogP contribution in [-0.4, -0.2) is 56.6 Å². The lowest BCUT2D eigenvalue weighted by molar-refractivity contribution is -0.265. The number of methoxy groups -OCH3 is 1. The average Bonchev–Trinajstić information content (AvgIpc) is 3.74. The van der Waals surface area contributed by atoms with E-state index in [1.807, 2.05) is 0 Å². The third kappa shape index (κ3) is 7.31. The predicted octanol–water partition coefficient (Wildman–Crippen LogP) is 4.09. The normalized spacial score (nSPS) is 15.2. The fourth-order valence-electron chi connectivity index (χ4n) is 3.78.